The van der Waals surface area contributed by atoms with Crippen LogP contribution >= 0.6 is 0 Å². The molecule has 1 aromatic heterocycles. The zero-order valence-electron chi connectivity index (χ0n) is 10.9. The molecule has 0 radical (unpaired) electrons. The van der Waals surface area contributed by atoms with E-state index in [-0.39, 0.29) is 5.56 Å². The topological polar surface area (TPSA) is 66.3 Å². The SMILES string of the molecule is Cc1ccc(CN(C)c2ncncc2C(=O)O)cc1. The molecule has 98 valence electrons. The van der Waals surface area contributed by atoms with Gasteiger partial charge in [-0.15, -0.1) is 0 Å². The lowest BCUT2D eigenvalue weighted by Gasteiger charge is -2.19. The van der Waals surface area contributed by atoms with Gasteiger partial charge in [-0.1, -0.05) is 29.8 Å². The maximum absolute atomic E-state index is 11.1. The van der Waals surface area contributed by atoms with Crippen LogP contribution in [0.25, 0.3) is 0 Å². The molecule has 0 aliphatic rings. The highest BCUT2D eigenvalue weighted by Crippen LogP contribution is 2.17. The van der Waals surface area contributed by atoms with Gasteiger partial charge in [0.05, 0.1) is 0 Å². The van der Waals surface area contributed by atoms with Crippen molar-refractivity contribution in [1.29, 1.82) is 0 Å². The van der Waals surface area contributed by atoms with Gasteiger partial charge in [0.15, 0.2) is 0 Å². The van der Waals surface area contributed by atoms with Gasteiger partial charge >= 0.3 is 5.97 Å². The third-order valence-corrected chi connectivity index (χ3v) is 2.82. The summed E-state index contributed by atoms with van der Waals surface area (Å²) in [6, 6.07) is 8.10. The predicted octanol–water partition coefficient (Wildman–Crippen LogP) is 2.12. The molecule has 1 N–H and O–H groups in total. The second-order valence-corrected chi connectivity index (χ2v) is 4.41. The van der Waals surface area contributed by atoms with Crippen LogP contribution in [0.4, 0.5) is 5.82 Å². The molecule has 0 amide bonds. The number of hydrogen-bond donors (Lipinski definition) is 1. The third kappa shape index (κ3) is 3.07. The maximum Gasteiger partial charge on any atom is 0.341 e. The molecule has 2 aromatic rings. The van der Waals surface area contributed by atoms with Crippen LogP contribution in [0, 0.1) is 6.92 Å². The third-order valence-electron chi connectivity index (χ3n) is 2.82. The summed E-state index contributed by atoms with van der Waals surface area (Å²) in [5, 5.41) is 9.11. The van der Waals surface area contributed by atoms with E-state index in [1.165, 1.54) is 18.1 Å². The summed E-state index contributed by atoms with van der Waals surface area (Å²) in [6.45, 7) is 2.62. The summed E-state index contributed by atoms with van der Waals surface area (Å²) in [5.74, 6) is -0.602. The van der Waals surface area contributed by atoms with E-state index in [1.54, 1.807) is 4.90 Å². The second-order valence-electron chi connectivity index (χ2n) is 4.41. The fourth-order valence-corrected chi connectivity index (χ4v) is 1.82. The first kappa shape index (κ1) is 13.0. The van der Waals surface area contributed by atoms with Crippen LogP contribution in [0.1, 0.15) is 21.5 Å². The first-order chi connectivity index (χ1) is 9.08. The Hall–Kier alpha value is -2.43. The molecule has 5 nitrogen and oxygen atoms in total. The summed E-state index contributed by atoms with van der Waals surface area (Å²) in [6.07, 6.45) is 2.67. The van der Waals surface area contributed by atoms with Crippen molar-refractivity contribution >= 4 is 11.8 Å². The molecule has 0 fully saturated rings. The number of aryl methyl sites for hydroxylation is 1. The highest BCUT2D eigenvalue weighted by molar-refractivity contribution is 5.92. The molecule has 0 saturated carbocycles. The minimum absolute atomic E-state index is 0.108. The lowest BCUT2D eigenvalue weighted by molar-refractivity contribution is 0.0696. The van der Waals surface area contributed by atoms with Crippen molar-refractivity contribution in [2.75, 3.05) is 11.9 Å². The van der Waals surface area contributed by atoms with Crippen molar-refractivity contribution in [3.8, 4) is 0 Å². The molecule has 0 aliphatic carbocycles. The van der Waals surface area contributed by atoms with Gasteiger partial charge in [0.1, 0.15) is 17.7 Å². The van der Waals surface area contributed by atoms with Crippen molar-refractivity contribution in [2.24, 2.45) is 0 Å². The molecule has 0 atom stereocenters. The monoisotopic (exact) mass is 257 g/mol. The van der Waals surface area contributed by atoms with Gasteiger partial charge < -0.3 is 10.0 Å². The largest absolute Gasteiger partial charge is 0.477 e. The van der Waals surface area contributed by atoms with Gasteiger partial charge in [0.25, 0.3) is 0 Å². The Morgan fingerprint density at radius 2 is 2.00 bits per heavy atom. The highest BCUT2D eigenvalue weighted by atomic mass is 16.4. The number of anilines is 1. The van der Waals surface area contributed by atoms with Crippen molar-refractivity contribution in [3.05, 3.63) is 53.5 Å². The lowest BCUT2D eigenvalue weighted by Crippen LogP contribution is -2.21. The number of carbonyl (C=O) groups is 1. The first-order valence-corrected chi connectivity index (χ1v) is 5.88. The number of carboxylic acids is 1. The van der Waals surface area contributed by atoms with Gasteiger partial charge in [0.2, 0.25) is 0 Å². The van der Waals surface area contributed by atoms with E-state index < -0.39 is 5.97 Å². The quantitative estimate of drug-likeness (QED) is 0.908. The molecule has 1 heterocycles. The number of nitrogens with zero attached hydrogens (tertiary/aromatic N) is 3. The molecule has 0 saturated heterocycles. The number of hydrogen-bond acceptors (Lipinski definition) is 4. The molecule has 2 rings (SSSR count). The molecule has 5 heteroatoms. The van der Waals surface area contributed by atoms with E-state index in [9.17, 15) is 4.79 Å². The second kappa shape index (κ2) is 5.48. The van der Waals surface area contributed by atoms with E-state index in [1.807, 2.05) is 38.2 Å². The zero-order valence-corrected chi connectivity index (χ0v) is 10.9. The lowest BCUT2D eigenvalue weighted by atomic mass is 10.1. The van der Waals surface area contributed by atoms with E-state index in [0.29, 0.717) is 12.4 Å². The number of carboxylic acid groups (broad SMARTS) is 1. The number of rotatable bonds is 4. The Bertz CT molecular complexity index is 581. The molecule has 0 aliphatic heterocycles. The van der Waals surface area contributed by atoms with Crippen molar-refractivity contribution < 1.29 is 9.90 Å². The van der Waals surface area contributed by atoms with E-state index in [0.717, 1.165) is 5.56 Å². The van der Waals surface area contributed by atoms with Crippen LogP contribution in [0.5, 0.6) is 0 Å². The van der Waals surface area contributed by atoms with Gasteiger partial charge in [0, 0.05) is 19.8 Å². The van der Waals surface area contributed by atoms with E-state index in [2.05, 4.69) is 9.97 Å². The number of benzene rings is 1. The Morgan fingerprint density at radius 3 is 2.63 bits per heavy atom. The Kier molecular flexibility index (Phi) is 3.75. The first-order valence-electron chi connectivity index (χ1n) is 5.88. The summed E-state index contributed by atoms with van der Waals surface area (Å²) >= 11 is 0. The molecule has 0 bridgehead atoms. The average molecular weight is 257 g/mol. The van der Waals surface area contributed by atoms with Crippen LogP contribution in [0.3, 0.4) is 0 Å². The van der Waals surface area contributed by atoms with Crippen molar-refractivity contribution in [2.45, 2.75) is 13.5 Å². The van der Waals surface area contributed by atoms with Crippen molar-refractivity contribution in [3.63, 3.8) is 0 Å². The Labute approximate surface area is 111 Å². The van der Waals surface area contributed by atoms with Crippen molar-refractivity contribution in [1.82, 2.24) is 9.97 Å². The smallest absolute Gasteiger partial charge is 0.341 e. The fraction of sp³-hybridized carbons (Fsp3) is 0.214. The summed E-state index contributed by atoms with van der Waals surface area (Å²) in [5.41, 5.74) is 2.40. The van der Waals surface area contributed by atoms with E-state index >= 15 is 0 Å². The molecular formula is C14H15N3O2. The number of aromatic carboxylic acids is 1. The number of aromatic nitrogens is 2. The van der Waals surface area contributed by atoms with E-state index in [4.69, 9.17) is 5.11 Å². The highest BCUT2D eigenvalue weighted by Gasteiger charge is 2.15. The van der Waals surface area contributed by atoms with Crippen LogP contribution in [0.15, 0.2) is 36.8 Å². The molecular weight excluding hydrogens is 242 g/mol. The zero-order chi connectivity index (χ0) is 13.8. The Balaban J connectivity index is 2.22. The van der Waals surface area contributed by atoms with Crippen LogP contribution in [0.2, 0.25) is 0 Å². The standard InChI is InChI=1S/C14H15N3O2/c1-10-3-5-11(6-4-10)8-17(2)13-12(14(18)19)7-15-9-16-13/h3-7,9H,8H2,1-2H3,(H,18,19). The van der Waals surface area contributed by atoms with Crippen LogP contribution < -0.4 is 4.90 Å². The molecule has 19 heavy (non-hydrogen) atoms. The van der Waals surface area contributed by atoms with Crippen LogP contribution in [-0.4, -0.2) is 28.1 Å². The minimum atomic E-state index is -1.02. The van der Waals surface area contributed by atoms with Gasteiger partial charge in [-0.25, -0.2) is 14.8 Å². The summed E-state index contributed by atoms with van der Waals surface area (Å²) in [7, 11) is 1.81. The Morgan fingerprint density at radius 1 is 1.32 bits per heavy atom. The molecule has 1 aromatic carbocycles. The summed E-state index contributed by atoms with van der Waals surface area (Å²) < 4.78 is 0. The fourth-order valence-electron chi connectivity index (χ4n) is 1.82. The average Bonchev–Trinajstić information content (AvgIpc) is 2.41. The van der Waals surface area contributed by atoms with Gasteiger partial charge in [-0.05, 0) is 12.5 Å². The predicted molar refractivity (Wildman–Crippen MR) is 72.3 cm³/mol. The summed E-state index contributed by atoms with van der Waals surface area (Å²) in [4.78, 5) is 20.7. The van der Waals surface area contributed by atoms with Gasteiger partial charge in [-0.2, -0.15) is 0 Å². The normalized spacial score (nSPS) is 10.2. The molecule has 0 unspecified atom stereocenters. The van der Waals surface area contributed by atoms with Crippen LogP contribution in [-0.2, 0) is 6.54 Å². The maximum atomic E-state index is 11.1. The minimum Gasteiger partial charge on any atom is -0.477 e. The van der Waals surface area contributed by atoms with Gasteiger partial charge in [-0.3, -0.25) is 0 Å². The molecule has 0 spiro atoms.